The Bertz CT molecular complexity index is 184. The predicted molar refractivity (Wildman–Crippen MR) is 67.9 cm³/mol. The van der Waals surface area contributed by atoms with Gasteiger partial charge in [-0.2, -0.15) is 5.01 Å². The summed E-state index contributed by atoms with van der Waals surface area (Å²) in [6.45, 7) is 6.94. The summed E-state index contributed by atoms with van der Waals surface area (Å²) in [7, 11) is 0. The highest BCUT2D eigenvalue weighted by Gasteiger charge is 2.39. The quantitative estimate of drug-likeness (QED) is 0.433. The first-order valence-electron chi connectivity index (χ1n) is 6.55. The van der Waals surface area contributed by atoms with Gasteiger partial charge in [-0.15, -0.1) is 0 Å². The van der Waals surface area contributed by atoms with Gasteiger partial charge < -0.3 is 0 Å². The van der Waals surface area contributed by atoms with E-state index in [0.717, 1.165) is 0 Å². The molecule has 0 saturated carbocycles. The van der Waals surface area contributed by atoms with Crippen molar-refractivity contribution in [1.82, 2.24) is 5.01 Å². The van der Waals surface area contributed by atoms with Crippen molar-refractivity contribution in [2.24, 2.45) is 0 Å². The molecular formula is C12H24BrN2+. The zero-order valence-electron chi connectivity index (χ0n) is 9.76. The number of nitrogens with zero attached hydrogens (tertiary/aromatic N) is 2. The molecule has 2 rings (SSSR count). The number of unbranched alkanes of at least 4 members (excludes halogenated alkanes) is 1. The lowest BCUT2D eigenvalue weighted by Gasteiger charge is -2.51. The van der Waals surface area contributed by atoms with Gasteiger partial charge in [-0.3, -0.25) is 0 Å². The standard InChI is InChI=1S/C12H24BrN2/c13-7-1-4-10-15-11-5-2-8-14(15)9-3-6-12-15/h1-12H2/q+1. The molecule has 0 spiro atoms. The summed E-state index contributed by atoms with van der Waals surface area (Å²) >= 11 is 3.54. The highest BCUT2D eigenvalue weighted by molar-refractivity contribution is 9.09. The van der Waals surface area contributed by atoms with Crippen LogP contribution in [-0.4, -0.2) is 47.7 Å². The van der Waals surface area contributed by atoms with Crippen molar-refractivity contribution >= 4 is 15.9 Å². The number of quaternary nitrogens is 1. The van der Waals surface area contributed by atoms with Crippen LogP contribution in [0, 0.1) is 0 Å². The van der Waals surface area contributed by atoms with Crippen molar-refractivity contribution in [2.75, 3.05) is 38.1 Å². The molecule has 0 aromatic heterocycles. The van der Waals surface area contributed by atoms with E-state index in [1.165, 1.54) is 81.2 Å². The van der Waals surface area contributed by atoms with Gasteiger partial charge >= 0.3 is 0 Å². The van der Waals surface area contributed by atoms with Gasteiger partial charge in [0.2, 0.25) is 0 Å². The molecule has 2 aliphatic rings. The third-order valence-corrected chi connectivity index (χ3v) is 4.60. The average molecular weight is 276 g/mol. The van der Waals surface area contributed by atoms with E-state index in [4.69, 9.17) is 0 Å². The van der Waals surface area contributed by atoms with E-state index >= 15 is 0 Å². The van der Waals surface area contributed by atoms with Gasteiger partial charge in [-0.1, -0.05) is 15.9 Å². The molecule has 0 amide bonds. The lowest BCUT2D eigenvalue weighted by atomic mass is 10.1. The molecule has 0 N–H and O–H groups in total. The number of halogens is 1. The van der Waals surface area contributed by atoms with Crippen molar-refractivity contribution < 1.29 is 4.59 Å². The first-order chi connectivity index (χ1) is 7.37. The van der Waals surface area contributed by atoms with Crippen molar-refractivity contribution in [3.05, 3.63) is 0 Å². The molecule has 0 aromatic rings. The van der Waals surface area contributed by atoms with E-state index < -0.39 is 0 Å². The van der Waals surface area contributed by atoms with Crippen molar-refractivity contribution in [3.63, 3.8) is 0 Å². The molecular weight excluding hydrogens is 252 g/mol. The molecule has 0 radical (unpaired) electrons. The van der Waals surface area contributed by atoms with Gasteiger partial charge in [-0.05, 0) is 38.5 Å². The maximum absolute atomic E-state index is 3.54. The average Bonchev–Trinajstić information content (AvgIpc) is 2.29. The van der Waals surface area contributed by atoms with Crippen LogP contribution in [0.1, 0.15) is 38.5 Å². The van der Waals surface area contributed by atoms with E-state index in [9.17, 15) is 0 Å². The monoisotopic (exact) mass is 275 g/mol. The zero-order valence-corrected chi connectivity index (χ0v) is 11.3. The van der Waals surface area contributed by atoms with Gasteiger partial charge in [0.05, 0.1) is 19.6 Å². The lowest BCUT2D eigenvalue weighted by Crippen LogP contribution is -2.66. The summed E-state index contributed by atoms with van der Waals surface area (Å²) in [5, 5.41) is 3.94. The summed E-state index contributed by atoms with van der Waals surface area (Å²) in [5.41, 5.74) is 0. The smallest absolute Gasteiger partial charge is 0.0964 e. The van der Waals surface area contributed by atoms with Gasteiger partial charge in [0, 0.05) is 18.4 Å². The molecule has 2 saturated heterocycles. The van der Waals surface area contributed by atoms with Crippen molar-refractivity contribution in [1.29, 1.82) is 0 Å². The minimum absolute atomic E-state index is 1.17. The van der Waals surface area contributed by atoms with Crippen LogP contribution in [0.2, 0.25) is 0 Å². The Balaban J connectivity index is 1.92. The molecule has 2 nitrogen and oxygen atoms in total. The molecule has 15 heavy (non-hydrogen) atoms. The van der Waals surface area contributed by atoms with Crippen LogP contribution >= 0.6 is 15.9 Å². The number of fused-ring (bicyclic) bond motifs is 1. The summed E-state index contributed by atoms with van der Waals surface area (Å²) in [5.74, 6) is 0. The highest BCUT2D eigenvalue weighted by Crippen LogP contribution is 2.27. The minimum Gasteiger partial charge on any atom is -0.243 e. The van der Waals surface area contributed by atoms with Crippen LogP contribution in [0.3, 0.4) is 0 Å². The molecule has 0 unspecified atom stereocenters. The molecule has 3 heteroatoms. The lowest BCUT2D eigenvalue weighted by molar-refractivity contribution is -1.04. The normalized spacial score (nSPS) is 26.2. The molecule has 2 heterocycles. The second-order valence-corrected chi connectivity index (χ2v) is 5.82. The Labute approximate surface area is 102 Å². The third kappa shape index (κ3) is 2.75. The van der Waals surface area contributed by atoms with E-state index in [0.29, 0.717) is 0 Å². The van der Waals surface area contributed by atoms with Crippen LogP contribution < -0.4 is 0 Å². The topological polar surface area (TPSA) is 3.24 Å². The van der Waals surface area contributed by atoms with Gasteiger partial charge in [0.1, 0.15) is 0 Å². The molecule has 88 valence electrons. The molecule has 0 aromatic carbocycles. The Morgan fingerprint density at radius 2 is 1.60 bits per heavy atom. The Morgan fingerprint density at radius 1 is 0.933 bits per heavy atom. The van der Waals surface area contributed by atoms with E-state index in [1.807, 2.05) is 0 Å². The second kappa shape index (κ2) is 5.65. The molecule has 0 aliphatic carbocycles. The Morgan fingerprint density at radius 3 is 2.20 bits per heavy atom. The summed E-state index contributed by atoms with van der Waals surface area (Å²) < 4.78 is 1.34. The minimum atomic E-state index is 1.17. The second-order valence-electron chi connectivity index (χ2n) is 5.03. The molecule has 2 fully saturated rings. The van der Waals surface area contributed by atoms with Gasteiger partial charge in [0.25, 0.3) is 0 Å². The largest absolute Gasteiger partial charge is 0.243 e. The summed E-state index contributed by atoms with van der Waals surface area (Å²) in [4.78, 5) is 0. The first-order valence-corrected chi connectivity index (χ1v) is 7.67. The van der Waals surface area contributed by atoms with Crippen LogP contribution in [0.4, 0.5) is 0 Å². The SMILES string of the molecule is BrCCCC[N+]12CCCCN1CCCC2. The molecule has 0 atom stereocenters. The number of hydrogen-bond donors (Lipinski definition) is 0. The summed E-state index contributed by atoms with van der Waals surface area (Å²) in [6, 6.07) is 0. The Kier molecular flexibility index (Phi) is 4.47. The maximum atomic E-state index is 3.54. The molecule has 0 bridgehead atoms. The van der Waals surface area contributed by atoms with Gasteiger partial charge in [0.15, 0.2) is 0 Å². The fourth-order valence-corrected chi connectivity index (χ4v) is 3.59. The highest BCUT2D eigenvalue weighted by atomic mass is 79.9. The number of rotatable bonds is 4. The van der Waals surface area contributed by atoms with Crippen molar-refractivity contribution in [2.45, 2.75) is 38.5 Å². The maximum Gasteiger partial charge on any atom is 0.0964 e. The zero-order chi connectivity index (χ0) is 10.6. The predicted octanol–water partition coefficient (Wildman–Crippen LogP) is 2.78. The third-order valence-electron chi connectivity index (χ3n) is 4.04. The van der Waals surface area contributed by atoms with E-state index in [1.54, 1.807) is 0 Å². The van der Waals surface area contributed by atoms with Gasteiger partial charge in [-0.25, -0.2) is 4.59 Å². The van der Waals surface area contributed by atoms with Crippen LogP contribution in [0.5, 0.6) is 0 Å². The number of hydrogen-bond acceptors (Lipinski definition) is 1. The Hall–Kier alpha value is 0.400. The van der Waals surface area contributed by atoms with Crippen LogP contribution in [0.25, 0.3) is 0 Å². The van der Waals surface area contributed by atoms with Crippen LogP contribution in [-0.2, 0) is 0 Å². The number of alkyl halides is 1. The fraction of sp³-hybridized carbons (Fsp3) is 1.00. The van der Waals surface area contributed by atoms with Crippen LogP contribution in [0.15, 0.2) is 0 Å². The fourth-order valence-electron chi connectivity index (χ4n) is 3.20. The van der Waals surface area contributed by atoms with Crippen molar-refractivity contribution in [3.8, 4) is 0 Å². The summed E-state index contributed by atoms with van der Waals surface area (Å²) in [6.07, 6.45) is 8.49. The van der Waals surface area contributed by atoms with E-state index in [-0.39, 0.29) is 0 Å². The molecule has 2 aliphatic heterocycles. The first kappa shape index (κ1) is 11.9. The van der Waals surface area contributed by atoms with E-state index in [2.05, 4.69) is 20.9 Å².